The highest BCUT2D eigenvalue weighted by Crippen LogP contribution is 2.28. The number of imide groups is 1. The molecule has 0 bridgehead atoms. The summed E-state index contributed by atoms with van der Waals surface area (Å²) < 4.78 is 0. The molecule has 1 atom stereocenters. The molecule has 0 aromatic rings. The number of allylic oxidation sites excluding steroid dienone is 1. The Kier molecular flexibility index (Phi) is 9.88. The molecule has 1 aliphatic heterocycles. The Hall–Kier alpha value is -1.95. The van der Waals surface area contributed by atoms with Gasteiger partial charge in [-0.25, -0.2) is 0 Å². The summed E-state index contributed by atoms with van der Waals surface area (Å²) >= 11 is 0. The van der Waals surface area contributed by atoms with E-state index in [1.165, 1.54) is 32.3 Å². The summed E-state index contributed by atoms with van der Waals surface area (Å²) in [5.41, 5.74) is 5.21. The lowest BCUT2D eigenvalue weighted by Crippen LogP contribution is -2.40. The van der Waals surface area contributed by atoms with Crippen LogP contribution in [0.25, 0.3) is 0 Å². The average molecular weight is 364 g/mol. The summed E-state index contributed by atoms with van der Waals surface area (Å²) in [7, 11) is 0. The molecule has 0 saturated carbocycles. The first-order valence-corrected chi connectivity index (χ1v) is 9.63. The van der Waals surface area contributed by atoms with E-state index in [1.807, 2.05) is 0 Å². The second kappa shape index (κ2) is 11.6. The topological polar surface area (TPSA) is 101 Å². The normalized spacial score (nSPS) is 17.6. The van der Waals surface area contributed by atoms with Crippen molar-refractivity contribution in [3.05, 3.63) is 23.5 Å². The van der Waals surface area contributed by atoms with Crippen LogP contribution in [-0.4, -0.2) is 40.2 Å². The zero-order chi connectivity index (χ0) is 19.5. The number of rotatable bonds is 12. The van der Waals surface area contributed by atoms with Gasteiger partial charge in [0.05, 0.1) is 6.04 Å². The molecular weight excluding hydrogens is 332 g/mol. The number of carbonyl (C=O) groups excluding carboxylic acids is 3. The Balaban J connectivity index is 2.72. The van der Waals surface area contributed by atoms with E-state index in [-0.39, 0.29) is 11.3 Å². The van der Waals surface area contributed by atoms with Crippen molar-refractivity contribution in [3.63, 3.8) is 0 Å². The number of hydrogen-bond acceptors (Lipinski definition) is 5. The van der Waals surface area contributed by atoms with Gasteiger partial charge < -0.3 is 10.8 Å². The van der Waals surface area contributed by atoms with Crippen molar-refractivity contribution in [3.8, 4) is 0 Å². The van der Waals surface area contributed by atoms with Crippen molar-refractivity contribution in [1.29, 1.82) is 0 Å². The molecule has 0 spiro atoms. The van der Waals surface area contributed by atoms with Gasteiger partial charge in [-0.15, -0.1) is 0 Å². The first-order chi connectivity index (χ1) is 12.5. The molecule has 1 rings (SSSR count). The van der Waals surface area contributed by atoms with Gasteiger partial charge in [0.15, 0.2) is 5.78 Å². The van der Waals surface area contributed by atoms with E-state index in [1.54, 1.807) is 6.08 Å². The van der Waals surface area contributed by atoms with Gasteiger partial charge >= 0.3 is 0 Å². The van der Waals surface area contributed by atoms with Crippen molar-refractivity contribution in [2.75, 3.05) is 6.54 Å². The Morgan fingerprint density at radius 3 is 2.46 bits per heavy atom. The number of carbonyl (C=O) groups is 3. The number of nitrogens with zero attached hydrogens (tertiary/aromatic N) is 1. The summed E-state index contributed by atoms with van der Waals surface area (Å²) in [6.07, 6.45) is 11.4. The number of ketones is 1. The lowest BCUT2D eigenvalue weighted by molar-refractivity contribution is -0.140. The van der Waals surface area contributed by atoms with Gasteiger partial charge in [0.2, 0.25) is 0 Å². The second-order valence-corrected chi connectivity index (χ2v) is 6.74. The van der Waals surface area contributed by atoms with Crippen molar-refractivity contribution >= 4 is 17.6 Å². The Bertz CT molecular complexity index is 566. The molecular formula is C20H32N2O4. The number of hydrogen-bond donors (Lipinski definition) is 2. The Morgan fingerprint density at radius 2 is 1.85 bits per heavy atom. The summed E-state index contributed by atoms with van der Waals surface area (Å²) in [5.74, 6) is -2.00. The molecule has 0 radical (unpaired) electrons. The molecule has 3 N–H and O–H groups in total. The first-order valence-electron chi connectivity index (χ1n) is 9.63. The van der Waals surface area contributed by atoms with Crippen molar-refractivity contribution in [2.24, 2.45) is 5.73 Å². The smallest absolute Gasteiger partial charge is 0.268 e. The maximum absolute atomic E-state index is 12.5. The highest BCUT2D eigenvalue weighted by atomic mass is 16.3. The van der Waals surface area contributed by atoms with E-state index in [4.69, 9.17) is 5.73 Å². The van der Waals surface area contributed by atoms with Crippen LogP contribution in [0.1, 0.15) is 71.6 Å². The van der Waals surface area contributed by atoms with Crippen LogP contribution in [0.3, 0.4) is 0 Å². The van der Waals surface area contributed by atoms with Crippen molar-refractivity contribution < 1.29 is 19.5 Å². The summed E-state index contributed by atoms with van der Waals surface area (Å²) in [6.45, 7) is 3.88. The zero-order valence-corrected chi connectivity index (χ0v) is 16.0. The third kappa shape index (κ3) is 6.09. The predicted molar refractivity (Wildman–Crippen MR) is 101 cm³/mol. The number of Topliss-reactive ketones (excluding diaryl/α,β-unsaturated/α-hetero) is 1. The number of aliphatic hydroxyl groups is 1. The molecule has 1 unspecified atom stereocenters. The minimum atomic E-state index is -0.769. The van der Waals surface area contributed by atoms with Gasteiger partial charge in [-0.3, -0.25) is 19.3 Å². The van der Waals surface area contributed by atoms with Gasteiger partial charge in [0, 0.05) is 0 Å². The van der Waals surface area contributed by atoms with E-state index >= 15 is 0 Å². The maximum Gasteiger partial charge on any atom is 0.268 e. The molecule has 6 nitrogen and oxygen atoms in total. The minimum Gasteiger partial charge on any atom is -0.509 e. The standard InChI is InChI=1S/C20H32N2O4/c1-3-4-5-6-7-8-9-13-17(24)22-16(12-10-11-14-21)19(25)18(15(2)23)20(22)26/h9,13,16,25H,3-8,10-12,14,21H2,1-2H3/b13-9+. The quantitative estimate of drug-likeness (QED) is 0.315. The van der Waals surface area contributed by atoms with Crippen LogP contribution in [0.15, 0.2) is 23.5 Å². The number of unbranched alkanes of at least 4 members (excludes halogenated alkanes) is 6. The summed E-state index contributed by atoms with van der Waals surface area (Å²) in [5, 5.41) is 10.3. The summed E-state index contributed by atoms with van der Waals surface area (Å²) in [6, 6.07) is -0.769. The van der Waals surface area contributed by atoms with Gasteiger partial charge in [-0.05, 0) is 51.6 Å². The van der Waals surface area contributed by atoms with Gasteiger partial charge in [0.1, 0.15) is 11.3 Å². The van der Waals surface area contributed by atoms with Crippen LogP contribution >= 0.6 is 0 Å². The lowest BCUT2D eigenvalue weighted by Gasteiger charge is -2.22. The van der Waals surface area contributed by atoms with E-state index in [2.05, 4.69) is 6.92 Å². The second-order valence-electron chi connectivity index (χ2n) is 6.74. The van der Waals surface area contributed by atoms with Crippen molar-refractivity contribution in [2.45, 2.75) is 77.7 Å². The molecule has 0 saturated heterocycles. The van der Waals surface area contributed by atoms with Crippen LogP contribution in [0.4, 0.5) is 0 Å². The molecule has 2 amide bonds. The van der Waals surface area contributed by atoms with Crippen LogP contribution in [0.5, 0.6) is 0 Å². The Morgan fingerprint density at radius 1 is 1.15 bits per heavy atom. The van der Waals surface area contributed by atoms with E-state index in [9.17, 15) is 19.5 Å². The third-order valence-electron chi connectivity index (χ3n) is 4.57. The summed E-state index contributed by atoms with van der Waals surface area (Å²) in [4.78, 5) is 37.6. The van der Waals surface area contributed by atoms with Crippen LogP contribution < -0.4 is 5.73 Å². The molecule has 0 fully saturated rings. The highest BCUT2D eigenvalue weighted by Gasteiger charge is 2.43. The van der Waals surface area contributed by atoms with Gasteiger partial charge in [0.25, 0.3) is 11.8 Å². The fourth-order valence-corrected chi connectivity index (χ4v) is 3.12. The molecule has 1 aliphatic rings. The Labute approximate surface area is 156 Å². The lowest BCUT2D eigenvalue weighted by atomic mass is 10.1. The number of aliphatic hydroxyl groups excluding tert-OH is 1. The number of nitrogens with two attached hydrogens (primary N) is 1. The predicted octanol–water partition coefficient (Wildman–Crippen LogP) is 3.17. The molecule has 1 heterocycles. The largest absolute Gasteiger partial charge is 0.509 e. The van der Waals surface area contributed by atoms with Crippen LogP contribution in [0.2, 0.25) is 0 Å². The fourth-order valence-electron chi connectivity index (χ4n) is 3.12. The molecule has 0 aliphatic carbocycles. The van der Waals surface area contributed by atoms with E-state index in [0.717, 1.165) is 30.6 Å². The zero-order valence-electron chi connectivity index (χ0n) is 16.0. The monoisotopic (exact) mass is 364 g/mol. The van der Waals surface area contributed by atoms with Crippen LogP contribution in [0, 0.1) is 0 Å². The van der Waals surface area contributed by atoms with E-state index < -0.39 is 23.6 Å². The molecule has 6 heteroatoms. The SMILES string of the molecule is CCCCCCC/C=C/C(=O)N1C(=O)C(C(C)=O)=C(O)C1CCCCN. The third-order valence-corrected chi connectivity index (χ3v) is 4.57. The van der Waals surface area contributed by atoms with Gasteiger partial charge in [-0.1, -0.05) is 38.7 Å². The fraction of sp³-hybridized carbons (Fsp3) is 0.650. The average Bonchev–Trinajstić information content (AvgIpc) is 2.84. The van der Waals surface area contributed by atoms with Crippen molar-refractivity contribution in [1.82, 2.24) is 4.90 Å². The molecule has 146 valence electrons. The maximum atomic E-state index is 12.5. The van der Waals surface area contributed by atoms with Crippen LogP contribution in [-0.2, 0) is 14.4 Å². The number of amides is 2. The first kappa shape index (κ1) is 22.1. The van der Waals surface area contributed by atoms with Gasteiger partial charge in [-0.2, -0.15) is 0 Å². The minimum absolute atomic E-state index is 0.274. The molecule has 0 aromatic carbocycles. The van der Waals surface area contributed by atoms with E-state index in [0.29, 0.717) is 19.4 Å². The molecule has 0 aromatic heterocycles. The molecule has 26 heavy (non-hydrogen) atoms. The highest BCUT2D eigenvalue weighted by molar-refractivity contribution is 6.24.